The van der Waals surface area contributed by atoms with Gasteiger partial charge in [0.2, 0.25) is 5.91 Å². The van der Waals surface area contributed by atoms with E-state index < -0.39 is 10.9 Å². The number of nitro benzene ring substituents is 1. The van der Waals surface area contributed by atoms with E-state index in [2.05, 4.69) is 15.4 Å². The number of benzene rings is 2. The molecule has 1 amide bonds. The van der Waals surface area contributed by atoms with E-state index in [0.717, 1.165) is 0 Å². The van der Waals surface area contributed by atoms with E-state index in [1.807, 2.05) is 0 Å². The van der Waals surface area contributed by atoms with E-state index in [1.54, 1.807) is 43.3 Å². The van der Waals surface area contributed by atoms with Gasteiger partial charge in [-0.1, -0.05) is 6.07 Å². The van der Waals surface area contributed by atoms with Crippen molar-refractivity contribution in [1.82, 2.24) is 0 Å². The number of hydrogen-bond donors (Lipinski definition) is 2. The normalized spacial score (nSPS) is 10.0. The lowest BCUT2D eigenvalue weighted by molar-refractivity contribution is -0.385. The molecule has 0 aliphatic carbocycles. The first-order chi connectivity index (χ1) is 11.9. The molecule has 2 N–H and O–H groups in total. The van der Waals surface area contributed by atoms with Crippen molar-refractivity contribution in [3.63, 3.8) is 0 Å². The second kappa shape index (κ2) is 7.91. The molecule has 2 aromatic rings. The highest BCUT2D eigenvalue weighted by atomic mass is 16.6. The van der Waals surface area contributed by atoms with Crippen LogP contribution in [0.3, 0.4) is 0 Å². The minimum absolute atomic E-state index is 0.0285. The number of carbonyl (C=O) groups is 2. The molecule has 0 aliphatic heterocycles. The summed E-state index contributed by atoms with van der Waals surface area (Å²) in [5.74, 6) is -0.791. The van der Waals surface area contributed by atoms with Crippen molar-refractivity contribution in [3.8, 4) is 0 Å². The maximum absolute atomic E-state index is 12.0. The molecule has 25 heavy (non-hydrogen) atoms. The molecule has 130 valence electrons. The van der Waals surface area contributed by atoms with Crippen LogP contribution in [0.4, 0.5) is 17.1 Å². The number of methoxy groups -OCH3 is 1. The molecule has 0 aliphatic rings. The van der Waals surface area contributed by atoms with Crippen LogP contribution in [0.1, 0.15) is 15.9 Å². The zero-order valence-corrected chi connectivity index (χ0v) is 13.7. The van der Waals surface area contributed by atoms with Crippen LogP contribution >= 0.6 is 0 Å². The number of nitro groups is 1. The molecular formula is C17H17N3O5. The van der Waals surface area contributed by atoms with Crippen LogP contribution < -0.4 is 10.6 Å². The molecule has 0 unspecified atom stereocenters. The quantitative estimate of drug-likeness (QED) is 0.474. The number of anilines is 2. The zero-order valence-electron chi connectivity index (χ0n) is 13.7. The van der Waals surface area contributed by atoms with Crippen LogP contribution in [0.15, 0.2) is 42.5 Å². The molecular weight excluding hydrogens is 326 g/mol. The Kier molecular flexibility index (Phi) is 5.67. The van der Waals surface area contributed by atoms with Crippen LogP contribution in [0.5, 0.6) is 0 Å². The van der Waals surface area contributed by atoms with Crippen molar-refractivity contribution < 1.29 is 19.2 Å². The molecule has 0 radical (unpaired) electrons. The fourth-order valence-electron chi connectivity index (χ4n) is 2.11. The summed E-state index contributed by atoms with van der Waals surface area (Å²) in [6.45, 7) is 1.60. The Hall–Kier alpha value is -3.42. The zero-order chi connectivity index (χ0) is 18.4. The molecule has 2 rings (SSSR count). The smallest absolute Gasteiger partial charge is 0.337 e. The summed E-state index contributed by atoms with van der Waals surface area (Å²) >= 11 is 0. The van der Waals surface area contributed by atoms with Crippen molar-refractivity contribution in [3.05, 3.63) is 63.7 Å². The number of nitrogens with one attached hydrogen (secondary N) is 2. The van der Waals surface area contributed by atoms with Gasteiger partial charge in [-0.3, -0.25) is 14.9 Å². The number of esters is 1. The average Bonchev–Trinajstić information content (AvgIpc) is 2.61. The van der Waals surface area contributed by atoms with E-state index in [4.69, 9.17) is 0 Å². The summed E-state index contributed by atoms with van der Waals surface area (Å²) in [6, 6.07) is 11.0. The first-order valence-corrected chi connectivity index (χ1v) is 7.38. The SMILES string of the molecule is COC(=O)c1ccc(NCC(=O)Nc2ccc(C)c([N+](=O)[O-])c2)cc1. The van der Waals surface area contributed by atoms with Gasteiger partial charge in [0.05, 0.1) is 24.1 Å². The van der Waals surface area contributed by atoms with Gasteiger partial charge in [-0.15, -0.1) is 0 Å². The fourth-order valence-corrected chi connectivity index (χ4v) is 2.11. The Bertz CT molecular complexity index is 802. The number of carbonyl (C=O) groups excluding carboxylic acids is 2. The Morgan fingerprint density at radius 1 is 1.12 bits per heavy atom. The predicted octanol–water partition coefficient (Wildman–Crippen LogP) is 2.74. The highest BCUT2D eigenvalue weighted by Crippen LogP contribution is 2.22. The molecule has 0 fully saturated rings. The topological polar surface area (TPSA) is 111 Å². The van der Waals surface area contributed by atoms with E-state index in [1.165, 1.54) is 13.2 Å². The number of nitrogens with zero attached hydrogens (tertiary/aromatic N) is 1. The van der Waals surface area contributed by atoms with Crippen LogP contribution in [0.25, 0.3) is 0 Å². The first-order valence-electron chi connectivity index (χ1n) is 7.38. The van der Waals surface area contributed by atoms with E-state index in [0.29, 0.717) is 22.5 Å². The predicted molar refractivity (Wildman–Crippen MR) is 92.7 cm³/mol. The van der Waals surface area contributed by atoms with Crippen molar-refractivity contribution >= 4 is 28.9 Å². The summed E-state index contributed by atoms with van der Waals surface area (Å²) in [5.41, 5.74) is 1.88. The van der Waals surface area contributed by atoms with Crippen LogP contribution in [-0.2, 0) is 9.53 Å². The van der Waals surface area contributed by atoms with Gasteiger partial charge in [0.15, 0.2) is 0 Å². The summed E-state index contributed by atoms with van der Waals surface area (Å²) in [5, 5.41) is 16.4. The van der Waals surface area contributed by atoms with Crippen LogP contribution in [-0.4, -0.2) is 30.5 Å². The van der Waals surface area contributed by atoms with Gasteiger partial charge in [-0.25, -0.2) is 4.79 Å². The first kappa shape index (κ1) is 17.9. The summed E-state index contributed by atoms with van der Waals surface area (Å²) in [4.78, 5) is 33.7. The lowest BCUT2D eigenvalue weighted by Crippen LogP contribution is -2.21. The molecule has 0 atom stereocenters. The standard InChI is InChI=1S/C17H17N3O5/c1-11-3-6-14(9-15(11)20(23)24)19-16(21)10-18-13-7-4-12(5-8-13)17(22)25-2/h3-9,18H,10H2,1-2H3,(H,19,21). The van der Waals surface area contributed by atoms with Gasteiger partial charge >= 0.3 is 5.97 Å². The van der Waals surface area contributed by atoms with Crippen molar-refractivity contribution in [1.29, 1.82) is 0 Å². The average molecular weight is 343 g/mol. The maximum Gasteiger partial charge on any atom is 0.337 e. The van der Waals surface area contributed by atoms with Crippen molar-refractivity contribution in [2.45, 2.75) is 6.92 Å². The Labute approximate surface area is 144 Å². The number of rotatable bonds is 6. The van der Waals surface area contributed by atoms with Crippen molar-refractivity contribution in [2.24, 2.45) is 0 Å². The molecule has 0 aromatic heterocycles. The third-order valence-electron chi connectivity index (χ3n) is 3.45. The lowest BCUT2D eigenvalue weighted by atomic mass is 10.2. The Morgan fingerprint density at radius 2 is 1.76 bits per heavy atom. The van der Waals surface area contributed by atoms with Crippen molar-refractivity contribution in [2.75, 3.05) is 24.3 Å². The van der Waals surface area contributed by atoms with Crippen LogP contribution in [0, 0.1) is 17.0 Å². The molecule has 2 aromatic carbocycles. The lowest BCUT2D eigenvalue weighted by Gasteiger charge is -2.09. The summed E-state index contributed by atoms with van der Waals surface area (Å²) in [7, 11) is 1.30. The molecule has 0 bridgehead atoms. The van der Waals surface area contributed by atoms with E-state index in [-0.39, 0.29) is 18.1 Å². The number of aryl methyl sites for hydroxylation is 1. The van der Waals surface area contributed by atoms with Gasteiger partial charge in [0.25, 0.3) is 5.69 Å². The molecule has 0 saturated heterocycles. The number of hydrogen-bond acceptors (Lipinski definition) is 6. The Balaban J connectivity index is 1.94. The van der Waals surface area contributed by atoms with Gasteiger partial charge in [-0.2, -0.15) is 0 Å². The number of amides is 1. The minimum Gasteiger partial charge on any atom is -0.465 e. The van der Waals surface area contributed by atoms with Gasteiger partial charge in [-0.05, 0) is 37.3 Å². The number of ether oxygens (including phenoxy) is 1. The summed E-state index contributed by atoms with van der Waals surface area (Å²) < 4.78 is 4.60. The maximum atomic E-state index is 12.0. The van der Waals surface area contributed by atoms with Gasteiger partial charge < -0.3 is 15.4 Å². The molecule has 0 saturated carbocycles. The molecule has 8 nitrogen and oxygen atoms in total. The monoisotopic (exact) mass is 343 g/mol. The molecule has 0 spiro atoms. The minimum atomic E-state index is -0.494. The highest BCUT2D eigenvalue weighted by molar-refractivity contribution is 5.94. The molecule has 8 heteroatoms. The fraction of sp³-hybridized carbons (Fsp3) is 0.176. The third-order valence-corrected chi connectivity index (χ3v) is 3.45. The second-order valence-corrected chi connectivity index (χ2v) is 5.23. The summed E-state index contributed by atoms with van der Waals surface area (Å²) in [6.07, 6.45) is 0. The van der Waals surface area contributed by atoms with Gasteiger partial charge in [0, 0.05) is 23.0 Å². The molecule has 0 heterocycles. The van der Waals surface area contributed by atoms with E-state index in [9.17, 15) is 19.7 Å². The highest BCUT2D eigenvalue weighted by Gasteiger charge is 2.12. The van der Waals surface area contributed by atoms with E-state index >= 15 is 0 Å². The van der Waals surface area contributed by atoms with Crippen LogP contribution in [0.2, 0.25) is 0 Å². The Morgan fingerprint density at radius 3 is 2.36 bits per heavy atom. The largest absolute Gasteiger partial charge is 0.465 e. The second-order valence-electron chi connectivity index (χ2n) is 5.23. The van der Waals surface area contributed by atoms with Gasteiger partial charge in [0.1, 0.15) is 0 Å². The third kappa shape index (κ3) is 4.77.